The summed E-state index contributed by atoms with van der Waals surface area (Å²) in [5.41, 5.74) is 1.24. The van der Waals surface area contributed by atoms with Crippen molar-refractivity contribution in [3.8, 4) is 5.75 Å². The fourth-order valence-corrected chi connectivity index (χ4v) is 2.17. The van der Waals surface area contributed by atoms with Gasteiger partial charge >= 0.3 is 0 Å². The molecule has 1 aromatic heterocycles. The fraction of sp³-hybridized carbons (Fsp3) is 0.308. The van der Waals surface area contributed by atoms with Gasteiger partial charge in [-0.2, -0.15) is 0 Å². The van der Waals surface area contributed by atoms with Gasteiger partial charge < -0.3 is 15.0 Å². The fourth-order valence-electron chi connectivity index (χ4n) is 2.17. The number of benzene rings is 1. The first-order valence-electron chi connectivity index (χ1n) is 5.87. The van der Waals surface area contributed by atoms with E-state index in [1.165, 1.54) is 5.56 Å². The van der Waals surface area contributed by atoms with Crippen molar-refractivity contribution in [1.82, 2.24) is 15.3 Å². The van der Waals surface area contributed by atoms with Crippen LogP contribution in [0.15, 0.2) is 36.7 Å². The Kier molecular flexibility index (Phi) is 2.80. The molecule has 3 rings (SSSR count). The van der Waals surface area contributed by atoms with Crippen molar-refractivity contribution >= 4 is 0 Å². The average Bonchev–Trinajstić information content (AvgIpc) is 2.89. The number of hydrogen-bond donors (Lipinski definition) is 2. The molecule has 0 aliphatic carbocycles. The molecule has 4 nitrogen and oxygen atoms in total. The quantitative estimate of drug-likeness (QED) is 0.846. The first kappa shape index (κ1) is 10.4. The molecule has 4 heteroatoms. The molecule has 1 unspecified atom stereocenters. The Morgan fingerprint density at radius 2 is 2.35 bits per heavy atom. The molecule has 0 saturated heterocycles. The molecule has 17 heavy (non-hydrogen) atoms. The molecular weight excluding hydrogens is 214 g/mol. The predicted molar refractivity (Wildman–Crippen MR) is 64.7 cm³/mol. The minimum atomic E-state index is 0.352. The highest BCUT2D eigenvalue weighted by atomic mass is 16.5. The summed E-state index contributed by atoms with van der Waals surface area (Å²) in [4.78, 5) is 7.30. The molecule has 2 aromatic rings. The van der Waals surface area contributed by atoms with Crippen LogP contribution in [0.3, 0.4) is 0 Å². The molecular formula is C13H15N3O. The van der Waals surface area contributed by atoms with E-state index in [-0.39, 0.29) is 0 Å². The number of aromatic amines is 1. The second kappa shape index (κ2) is 4.59. The summed E-state index contributed by atoms with van der Waals surface area (Å²) in [5, 5.41) is 3.51. The minimum Gasteiger partial charge on any atom is -0.493 e. The zero-order valence-electron chi connectivity index (χ0n) is 9.52. The summed E-state index contributed by atoms with van der Waals surface area (Å²) in [6, 6.07) is 8.55. The van der Waals surface area contributed by atoms with Crippen LogP contribution in [0.1, 0.15) is 23.9 Å². The summed E-state index contributed by atoms with van der Waals surface area (Å²) in [7, 11) is 0. The van der Waals surface area contributed by atoms with E-state index in [1.54, 1.807) is 6.20 Å². The highest BCUT2D eigenvalue weighted by Crippen LogP contribution is 2.31. The largest absolute Gasteiger partial charge is 0.493 e. The third-order valence-electron chi connectivity index (χ3n) is 3.03. The number of nitrogens with one attached hydrogen (secondary N) is 2. The Balaban J connectivity index is 1.72. The molecule has 0 fully saturated rings. The van der Waals surface area contributed by atoms with Crippen LogP contribution in [0.5, 0.6) is 5.75 Å². The lowest BCUT2D eigenvalue weighted by Crippen LogP contribution is -2.27. The maximum atomic E-state index is 5.63. The van der Waals surface area contributed by atoms with Gasteiger partial charge in [-0.15, -0.1) is 0 Å². The first-order chi connectivity index (χ1) is 8.43. The summed E-state index contributed by atoms with van der Waals surface area (Å²) >= 11 is 0. The molecule has 0 bridgehead atoms. The van der Waals surface area contributed by atoms with Crippen LogP contribution < -0.4 is 10.1 Å². The number of aromatic nitrogens is 2. The third kappa shape index (κ3) is 2.17. The average molecular weight is 229 g/mol. The Labute approximate surface area is 100 Å². The van der Waals surface area contributed by atoms with Crippen molar-refractivity contribution in [2.75, 3.05) is 6.61 Å². The van der Waals surface area contributed by atoms with E-state index < -0.39 is 0 Å². The van der Waals surface area contributed by atoms with Crippen LogP contribution in [0, 0.1) is 0 Å². The smallest absolute Gasteiger partial charge is 0.124 e. The monoisotopic (exact) mass is 229 g/mol. The van der Waals surface area contributed by atoms with E-state index >= 15 is 0 Å². The van der Waals surface area contributed by atoms with Gasteiger partial charge in [0, 0.05) is 30.4 Å². The number of para-hydroxylation sites is 1. The van der Waals surface area contributed by atoms with Crippen LogP contribution in [-0.4, -0.2) is 16.6 Å². The second-order valence-electron chi connectivity index (χ2n) is 4.14. The van der Waals surface area contributed by atoms with Crippen molar-refractivity contribution in [1.29, 1.82) is 0 Å². The van der Waals surface area contributed by atoms with Crippen molar-refractivity contribution in [2.24, 2.45) is 0 Å². The van der Waals surface area contributed by atoms with E-state index in [1.807, 2.05) is 18.3 Å². The maximum absolute atomic E-state index is 5.63. The van der Waals surface area contributed by atoms with Crippen molar-refractivity contribution in [3.63, 3.8) is 0 Å². The van der Waals surface area contributed by atoms with Gasteiger partial charge in [-0.05, 0) is 6.07 Å². The molecule has 2 N–H and O–H groups in total. The van der Waals surface area contributed by atoms with Gasteiger partial charge in [0.25, 0.3) is 0 Å². The molecule has 0 saturated carbocycles. The zero-order valence-corrected chi connectivity index (χ0v) is 9.52. The zero-order chi connectivity index (χ0) is 11.5. The van der Waals surface area contributed by atoms with Crippen LogP contribution in [0.2, 0.25) is 0 Å². The van der Waals surface area contributed by atoms with Crippen molar-refractivity contribution < 1.29 is 4.74 Å². The molecule has 2 heterocycles. The Morgan fingerprint density at radius 3 is 3.24 bits per heavy atom. The van der Waals surface area contributed by atoms with Gasteiger partial charge in [0.15, 0.2) is 0 Å². The SMILES string of the molecule is c1ccc2c(c1)OCCC2NCc1ncc[nH]1. The van der Waals surface area contributed by atoms with Gasteiger partial charge in [-0.3, -0.25) is 0 Å². The van der Waals surface area contributed by atoms with Crippen LogP contribution in [0.4, 0.5) is 0 Å². The molecule has 0 amide bonds. The normalized spacial score (nSPS) is 18.5. The summed E-state index contributed by atoms with van der Waals surface area (Å²) in [6.07, 6.45) is 4.61. The highest BCUT2D eigenvalue weighted by molar-refractivity contribution is 5.37. The summed E-state index contributed by atoms with van der Waals surface area (Å²) in [5.74, 6) is 1.96. The molecule has 0 radical (unpaired) electrons. The number of hydrogen-bond acceptors (Lipinski definition) is 3. The summed E-state index contributed by atoms with van der Waals surface area (Å²) < 4.78 is 5.63. The molecule has 1 atom stereocenters. The number of imidazole rings is 1. The lowest BCUT2D eigenvalue weighted by Gasteiger charge is -2.26. The first-order valence-corrected chi connectivity index (χ1v) is 5.87. The predicted octanol–water partition coefficient (Wildman–Crippen LogP) is 2.02. The Morgan fingerprint density at radius 1 is 1.41 bits per heavy atom. The van der Waals surface area contributed by atoms with E-state index in [2.05, 4.69) is 27.4 Å². The van der Waals surface area contributed by atoms with Crippen LogP contribution in [0.25, 0.3) is 0 Å². The standard InChI is InChI=1S/C13H15N3O/c1-2-4-12-10(3-1)11(5-8-17-12)16-9-13-14-6-7-15-13/h1-4,6-7,11,16H,5,8-9H2,(H,14,15). The van der Waals surface area contributed by atoms with Gasteiger partial charge in [0.05, 0.1) is 13.2 Å². The van der Waals surface area contributed by atoms with E-state index in [0.29, 0.717) is 6.04 Å². The second-order valence-corrected chi connectivity index (χ2v) is 4.14. The highest BCUT2D eigenvalue weighted by Gasteiger charge is 2.20. The molecule has 88 valence electrons. The third-order valence-corrected chi connectivity index (χ3v) is 3.03. The number of ether oxygens (including phenoxy) is 1. The number of fused-ring (bicyclic) bond motifs is 1. The number of nitrogens with zero attached hydrogens (tertiary/aromatic N) is 1. The Hall–Kier alpha value is -1.81. The molecule has 0 spiro atoms. The number of H-pyrrole nitrogens is 1. The minimum absolute atomic E-state index is 0.352. The lowest BCUT2D eigenvalue weighted by molar-refractivity contribution is 0.251. The molecule has 1 aliphatic heterocycles. The van der Waals surface area contributed by atoms with Crippen molar-refractivity contribution in [3.05, 3.63) is 48.0 Å². The van der Waals surface area contributed by atoms with E-state index in [0.717, 1.165) is 31.1 Å². The topological polar surface area (TPSA) is 49.9 Å². The van der Waals surface area contributed by atoms with Crippen LogP contribution >= 0.6 is 0 Å². The van der Waals surface area contributed by atoms with Gasteiger partial charge in [0.2, 0.25) is 0 Å². The van der Waals surface area contributed by atoms with Crippen LogP contribution in [-0.2, 0) is 6.54 Å². The molecule has 1 aliphatic rings. The number of rotatable bonds is 3. The lowest BCUT2D eigenvalue weighted by atomic mass is 10.0. The van der Waals surface area contributed by atoms with E-state index in [4.69, 9.17) is 4.74 Å². The van der Waals surface area contributed by atoms with Gasteiger partial charge in [-0.25, -0.2) is 4.98 Å². The molecule has 1 aromatic carbocycles. The summed E-state index contributed by atoms with van der Waals surface area (Å²) in [6.45, 7) is 1.53. The van der Waals surface area contributed by atoms with Gasteiger partial charge in [0.1, 0.15) is 11.6 Å². The van der Waals surface area contributed by atoms with E-state index in [9.17, 15) is 0 Å². The maximum Gasteiger partial charge on any atom is 0.124 e. The Bertz CT molecular complexity index is 481. The van der Waals surface area contributed by atoms with Gasteiger partial charge in [-0.1, -0.05) is 18.2 Å². The van der Waals surface area contributed by atoms with Crippen molar-refractivity contribution in [2.45, 2.75) is 19.0 Å².